The molecule has 6 heteroatoms. The molecule has 0 fully saturated rings. The van der Waals surface area contributed by atoms with Gasteiger partial charge in [0.1, 0.15) is 0 Å². The van der Waals surface area contributed by atoms with Crippen molar-refractivity contribution in [2.75, 3.05) is 13.6 Å². The summed E-state index contributed by atoms with van der Waals surface area (Å²) in [5.74, 6) is 1.06. The average molecular weight is 317 g/mol. The van der Waals surface area contributed by atoms with Gasteiger partial charge in [0.05, 0.1) is 7.05 Å². The van der Waals surface area contributed by atoms with Crippen molar-refractivity contribution < 1.29 is 14.1 Å². The summed E-state index contributed by atoms with van der Waals surface area (Å²) in [5.41, 5.74) is 2.05. The minimum atomic E-state index is -0.0565. The van der Waals surface area contributed by atoms with Crippen molar-refractivity contribution in [2.45, 2.75) is 39.8 Å². The van der Waals surface area contributed by atoms with Crippen LogP contribution in [0.2, 0.25) is 0 Å². The van der Waals surface area contributed by atoms with Crippen LogP contribution in [0.15, 0.2) is 28.7 Å². The fraction of sp³-hybridized carbons (Fsp3) is 0.471. The number of nitrogens with one attached hydrogen (secondary N) is 2. The molecule has 1 amide bonds. The van der Waals surface area contributed by atoms with Crippen molar-refractivity contribution in [1.82, 2.24) is 15.5 Å². The van der Waals surface area contributed by atoms with Gasteiger partial charge < -0.3 is 14.6 Å². The number of aromatic nitrogens is 2. The van der Waals surface area contributed by atoms with Gasteiger partial charge in [-0.1, -0.05) is 17.7 Å². The van der Waals surface area contributed by atoms with E-state index < -0.39 is 0 Å². The summed E-state index contributed by atoms with van der Waals surface area (Å²) in [6.07, 6.45) is 0. The van der Waals surface area contributed by atoms with Crippen LogP contribution in [-0.2, 0) is 4.79 Å². The van der Waals surface area contributed by atoms with Crippen molar-refractivity contribution in [3.63, 3.8) is 0 Å². The number of carbonyl (C=O) groups excluding carboxylic acids is 1. The third kappa shape index (κ3) is 4.63. The molecule has 6 nitrogen and oxygen atoms in total. The first-order chi connectivity index (χ1) is 10.9. The minimum absolute atomic E-state index is 0.0165. The van der Waals surface area contributed by atoms with E-state index in [1.54, 1.807) is 0 Å². The zero-order valence-electron chi connectivity index (χ0n) is 14.4. The number of benzene rings is 1. The molecule has 0 aliphatic rings. The SMILES string of the molecule is Cc1cccc(-c2nnc([C@H](C)[NH+](C)CC(=O)NC(C)C)o2)c1. The zero-order chi connectivity index (χ0) is 17.0. The van der Waals surface area contributed by atoms with Crippen LogP contribution in [0, 0.1) is 6.92 Å². The normalized spacial score (nSPS) is 13.8. The predicted molar refractivity (Wildman–Crippen MR) is 87.9 cm³/mol. The standard InChI is InChI=1S/C17H24N4O2/c1-11(2)18-15(22)10-21(5)13(4)16-19-20-17(23-16)14-8-6-7-12(3)9-14/h6-9,11,13H,10H2,1-5H3,(H,18,22)/p+1/t13-/m0/s1. The van der Waals surface area contributed by atoms with Gasteiger partial charge >= 0.3 is 0 Å². The fourth-order valence-corrected chi connectivity index (χ4v) is 2.29. The number of hydrogen-bond donors (Lipinski definition) is 2. The largest absolute Gasteiger partial charge is 0.415 e. The fourth-order valence-electron chi connectivity index (χ4n) is 2.29. The maximum atomic E-state index is 11.9. The highest BCUT2D eigenvalue weighted by Crippen LogP contribution is 2.20. The van der Waals surface area contributed by atoms with E-state index in [4.69, 9.17) is 4.42 Å². The van der Waals surface area contributed by atoms with E-state index in [0.717, 1.165) is 16.0 Å². The Balaban J connectivity index is 2.06. The van der Waals surface area contributed by atoms with Gasteiger partial charge in [0.2, 0.25) is 5.89 Å². The number of hydrogen-bond acceptors (Lipinski definition) is 4. The molecule has 0 aliphatic carbocycles. The minimum Gasteiger partial charge on any atom is -0.415 e. The molecular weight excluding hydrogens is 292 g/mol. The summed E-state index contributed by atoms with van der Waals surface area (Å²) in [6.45, 7) is 8.26. The van der Waals surface area contributed by atoms with Crippen molar-refractivity contribution in [1.29, 1.82) is 0 Å². The van der Waals surface area contributed by atoms with Crippen LogP contribution < -0.4 is 10.2 Å². The smallest absolute Gasteiger partial charge is 0.275 e. The molecule has 0 radical (unpaired) electrons. The van der Waals surface area contributed by atoms with Crippen molar-refractivity contribution in [3.05, 3.63) is 35.7 Å². The van der Waals surface area contributed by atoms with E-state index in [1.807, 2.05) is 59.0 Å². The van der Waals surface area contributed by atoms with Crippen LogP contribution in [0.4, 0.5) is 0 Å². The Morgan fingerprint density at radius 3 is 2.70 bits per heavy atom. The lowest BCUT2D eigenvalue weighted by atomic mass is 10.1. The summed E-state index contributed by atoms with van der Waals surface area (Å²) in [6, 6.07) is 8.03. The Bertz CT molecular complexity index is 666. The molecule has 1 aromatic carbocycles. The van der Waals surface area contributed by atoms with Crippen molar-refractivity contribution >= 4 is 5.91 Å². The molecule has 1 unspecified atom stereocenters. The molecule has 0 saturated carbocycles. The van der Waals surface area contributed by atoms with Gasteiger partial charge in [-0.2, -0.15) is 0 Å². The first-order valence-corrected chi connectivity index (χ1v) is 7.89. The van der Waals surface area contributed by atoms with Gasteiger partial charge in [0.15, 0.2) is 12.6 Å². The second kappa shape index (κ2) is 7.37. The summed E-state index contributed by atoms with van der Waals surface area (Å²) >= 11 is 0. The molecule has 0 spiro atoms. The first-order valence-electron chi connectivity index (χ1n) is 7.89. The molecule has 1 heterocycles. The van der Waals surface area contributed by atoms with Gasteiger partial charge in [-0.3, -0.25) is 4.79 Å². The van der Waals surface area contributed by atoms with Crippen molar-refractivity contribution in [3.8, 4) is 11.5 Å². The molecule has 124 valence electrons. The first kappa shape index (κ1) is 17.1. The molecule has 2 N–H and O–H groups in total. The van der Waals surface area contributed by atoms with E-state index in [0.29, 0.717) is 18.3 Å². The molecule has 0 saturated heterocycles. The third-order valence-corrected chi connectivity index (χ3v) is 3.70. The summed E-state index contributed by atoms with van der Waals surface area (Å²) in [5, 5.41) is 11.2. The van der Waals surface area contributed by atoms with Gasteiger partial charge in [0.25, 0.3) is 11.8 Å². The van der Waals surface area contributed by atoms with Gasteiger partial charge in [-0.05, 0) is 39.8 Å². The van der Waals surface area contributed by atoms with E-state index >= 15 is 0 Å². The molecule has 0 aliphatic heterocycles. The number of quaternary nitrogens is 1. The lowest BCUT2D eigenvalue weighted by molar-refractivity contribution is -0.903. The lowest BCUT2D eigenvalue weighted by Gasteiger charge is -2.19. The number of nitrogens with zero attached hydrogens (tertiary/aromatic N) is 2. The average Bonchev–Trinajstić information content (AvgIpc) is 2.95. The lowest BCUT2D eigenvalue weighted by Crippen LogP contribution is -3.10. The third-order valence-electron chi connectivity index (χ3n) is 3.70. The zero-order valence-corrected chi connectivity index (χ0v) is 14.4. The Hall–Kier alpha value is -2.21. The van der Waals surface area contributed by atoms with Crippen LogP contribution in [0.1, 0.15) is 38.3 Å². The Morgan fingerprint density at radius 2 is 2.04 bits per heavy atom. The summed E-state index contributed by atoms with van der Waals surface area (Å²) in [7, 11) is 1.95. The molecule has 2 atom stereocenters. The molecule has 1 aromatic heterocycles. The van der Waals surface area contributed by atoms with Crippen LogP contribution in [-0.4, -0.2) is 35.7 Å². The maximum Gasteiger partial charge on any atom is 0.275 e. The van der Waals surface area contributed by atoms with E-state index in [2.05, 4.69) is 15.5 Å². The van der Waals surface area contributed by atoms with Gasteiger partial charge in [0, 0.05) is 11.6 Å². The Kier molecular flexibility index (Phi) is 5.50. The number of likely N-dealkylation sites (N-methyl/N-ethyl adjacent to an activating group) is 1. The van der Waals surface area contributed by atoms with E-state index in [9.17, 15) is 4.79 Å². The highest BCUT2D eigenvalue weighted by Gasteiger charge is 2.24. The number of amides is 1. The highest BCUT2D eigenvalue weighted by molar-refractivity contribution is 5.77. The molecular formula is C17H25N4O2+. The molecule has 23 heavy (non-hydrogen) atoms. The summed E-state index contributed by atoms with van der Waals surface area (Å²) in [4.78, 5) is 12.9. The Morgan fingerprint density at radius 1 is 1.30 bits per heavy atom. The quantitative estimate of drug-likeness (QED) is 0.838. The second-order valence-corrected chi connectivity index (χ2v) is 6.28. The van der Waals surface area contributed by atoms with Crippen LogP contribution in [0.3, 0.4) is 0 Å². The number of aryl methyl sites for hydroxylation is 1. The van der Waals surface area contributed by atoms with Gasteiger partial charge in [-0.15, -0.1) is 10.2 Å². The molecule has 2 aromatic rings. The van der Waals surface area contributed by atoms with E-state index in [1.165, 1.54) is 0 Å². The monoisotopic (exact) mass is 317 g/mol. The van der Waals surface area contributed by atoms with Crippen LogP contribution >= 0.6 is 0 Å². The topological polar surface area (TPSA) is 72.5 Å². The van der Waals surface area contributed by atoms with Gasteiger partial charge in [-0.25, -0.2) is 0 Å². The predicted octanol–water partition coefficient (Wildman–Crippen LogP) is 1.15. The number of carbonyl (C=O) groups is 1. The number of rotatable bonds is 6. The van der Waals surface area contributed by atoms with Crippen LogP contribution in [0.25, 0.3) is 11.5 Å². The summed E-state index contributed by atoms with van der Waals surface area (Å²) < 4.78 is 5.80. The molecule has 2 rings (SSSR count). The Labute approximate surface area is 136 Å². The van der Waals surface area contributed by atoms with E-state index in [-0.39, 0.29) is 18.0 Å². The maximum absolute atomic E-state index is 11.9. The molecule has 0 bridgehead atoms. The van der Waals surface area contributed by atoms with Crippen molar-refractivity contribution in [2.24, 2.45) is 0 Å². The highest BCUT2D eigenvalue weighted by atomic mass is 16.4. The van der Waals surface area contributed by atoms with Crippen LogP contribution in [0.5, 0.6) is 0 Å². The second-order valence-electron chi connectivity index (χ2n) is 6.28.